The fourth-order valence-corrected chi connectivity index (χ4v) is 3.85. The van der Waals surface area contributed by atoms with Crippen LogP contribution in [0.25, 0.3) is 0 Å². The number of rotatable bonds is 6. The van der Waals surface area contributed by atoms with Gasteiger partial charge in [0.15, 0.2) is 0 Å². The van der Waals surface area contributed by atoms with Gasteiger partial charge in [-0.3, -0.25) is 9.78 Å². The Morgan fingerprint density at radius 2 is 1.84 bits per heavy atom. The third-order valence-electron chi connectivity index (χ3n) is 5.78. The highest BCUT2D eigenvalue weighted by Crippen LogP contribution is 2.25. The van der Waals surface area contributed by atoms with Gasteiger partial charge in [0.2, 0.25) is 0 Å². The summed E-state index contributed by atoms with van der Waals surface area (Å²) in [5, 5.41) is 3.03. The highest BCUT2D eigenvalue weighted by Gasteiger charge is 2.16. The second kappa shape index (κ2) is 9.83. The number of aryl methyl sites for hydroxylation is 2. The molecular formula is C26H30N4O2. The number of nitrogens with zero attached hydrogens (tertiary/aromatic N) is 3. The van der Waals surface area contributed by atoms with Crippen LogP contribution in [0, 0.1) is 13.8 Å². The zero-order chi connectivity index (χ0) is 22.5. The van der Waals surface area contributed by atoms with Gasteiger partial charge in [0.05, 0.1) is 6.20 Å². The first kappa shape index (κ1) is 21.8. The van der Waals surface area contributed by atoms with Crippen molar-refractivity contribution >= 4 is 17.3 Å². The zero-order valence-electron chi connectivity index (χ0n) is 19.0. The molecule has 1 amide bonds. The molecule has 32 heavy (non-hydrogen) atoms. The largest absolute Gasteiger partial charge is 0.487 e. The molecule has 0 saturated carbocycles. The van der Waals surface area contributed by atoms with Crippen molar-refractivity contribution in [3.63, 3.8) is 0 Å². The zero-order valence-corrected chi connectivity index (χ0v) is 19.0. The summed E-state index contributed by atoms with van der Waals surface area (Å²) in [5.41, 5.74) is 5.69. The molecule has 1 aliphatic heterocycles. The summed E-state index contributed by atoms with van der Waals surface area (Å²) in [5.74, 6) is 0.581. The summed E-state index contributed by atoms with van der Waals surface area (Å²) in [6.45, 7) is 8.60. The Hall–Kier alpha value is -3.38. The number of hydrogen-bond donors (Lipinski definition) is 1. The number of piperazine rings is 1. The van der Waals surface area contributed by atoms with Crippen LogP contribution in [0.15, 0.2) is 60.8 Å². The number of amides is 1. The number of benzene rings is 2. The van der Waals surface area contributed by atoms with Crippen LogP contribution >= 0.6 is 0 Å². The second-order valence-corrected chi connectivity index (χ2v) is 8.37. The van der Waals surface area contributed by atoms with Gasteiger partial charge >= 0.3 is 0 Å². The van der Waals surface area contributed by atoms with Crippen LogP contribution in [0.3, 0.4) is 0 Å². The summed E-state index contributed by atoms with van der Waals surface area (Å²) in [7, 11) is 2.16. The third-order valence-corrected chi connectivity index (χ3v) is 5.78. The summed E-state index contributed by atoms with van der Waals surface area (Å²) in [6.07, 6.45) is 1.71. The fourth-order valence-electron chi connectivity index (χ4n) is 3.85. The Kier molecular flexibility index (Phi) is 6.71. The lowest BCUT2D eigenvalue weighted by atomic mass is 10.1. The van der Waals surface area contributed by atoms with Crippen molar-refractivity contribution in [2.75, 3.05) is 43.4 Å². The van der Waals surface area contributed by atoms with E-state index in [0.29, 0.717) is 17.9 Å². The molecule has 166 valence electrons. The van der Waals surface area contributed by atoms with Crippen LogP contribution in [0.2, 0.25) is 0 Å². The van der Waals surface area contributed by atoms with Gasteiger partial charge in [0.25, 0.3) is 5.91 Å². The summed E-state index contributed by atoms with van der Waals surface area (Å²) in [4.78, 5) is 21.8. The maximum Gasteiger partial charge on any atom is 0.255 e. The SMILES string of the molecule is Cc1ccc(OCc2cccc(C(=O)Nc3ccc(N4CCN(C)CC4)c(C)c3)c2)cn1. The van der Waals surface area contributed by atoms with Gasteiger partial charge in [0.1, 0.15) is 12.4 Å². The summed E-state index contributed by atoms with van der Waals surface area (Å²) >= 11 is 0. The van der Waals surface area contributed by atoms with Crippen LogP contribution in [-0.2, 0) is 6.61 Å². The number of nitrogens with one attached hydrogen (secondary N) is 1. The molecule has 6 heteroatoms. The average molecular weight is 431 g/mol. The number of carbonyl (C=O) groups excluding carboxylic acids is 1. The van der Waals surface area contributed by atoms with Crippen molar-refractivity contribution in [1.82, 2.24) is 9.88 Å². The molecule has 2 heterocycles. The number of anilines is 2. The van der Waals surface area contributed by atoms with E-state index in [2.05, 4.69) is 40.1 Å². The van der Waals surface area contributed by atoms with E-state index in [9.17, 15) is 4.79 Å². The van der Waals surface area contributed by atoms with E-state index in [4.69, 9.17) is 4.74 Å². The Morgan fingerprint density at radius 3 is 2.56 bits per heavy atom. The fraction of sp³-hybridized carbons (Fsp3) is 0.308. The van der Waals surface area contributed by atoms with E-state index in [-0.39, 0.29) is 5.91 Å². The Morgan fingerprint density at radius 1 is 1.03 bits per heavy atom. The molecule has 0 aliphatic carbocycles. The molecule has 1 N–H and O–H groups in total. The van der Waals surface area contributed by atoms with Crippen LogP contribution in [-0.4, -0.2) is 49.0 Å². The molecule has 2 aromatic carbocycles. The maximum atomic E-state index is 12.8. The first-order valence-corrected chi connectivity index (χ1v) is 11.0. The van der Waals surface area contributed by atoms with Gasteiger partial charge in [-0.2, -0.15) is 0 Å². The van der Waals surface area contributed by atoms with Crippen molar-refractivity contribution in [2.45, 2.75) is 20.5 Å². The lowest BCUT2D eigenvalue weighted by molar-refractivity contribution is 0.102. The van der Waals surface area contributed by atoms with E-state index in [1.807, 2.05) is 55.5 Å². The lowest BCUT2D eigenvalue weighted by Crippen LogP contribution is -2.44. The Bertz CT molecular complexity index is 1070. The molecule has 1 saturated heterocycles. The summed E-state index contributed by atoms with van der Waals surface area (Å²) < 4.78 is 5.79. The molecular weight excluding hydrogens is 400 g/mol. The molecule has 0 radical (unpaired) electrons. The van der Waals surface area contributed by atoms with Crippen molar-refractivity contribution in [1.29, 1.82) is 0 Å². The van der Waals surface area contributed by atoms with E-state index in [1.54, 1.807) is 6.20 Å². The minimum atomic E-state index is -0.129. The van der Waals surface area contributed by atoms with Gasteiger partial charge in [-0.1, -0.05) is 12.1 Å². The molecule has 1 aliphatic rings. The van der Waals surface area contributed by atoms with Crippen LogP contribution in [0.1, 0.15) is 27.2 Å². The lowest BCUT2D eigenvalue weighted by Gasteiger charge is -2.35. The molecule has 1 aromatic heterocycles. The standard InChI is InChI=1S/C26H30N4O2/c1-19-15-23(8-10-25(19)30-13-11-29(3)12-14-30)28-26(31)22-6-4-5-21(16-22)18-32-24-9-7-20(2)27-17-24/h4-10,15-17H,11-14,18H2,1-3H3,(H,28,31). The topological polar surface area (TPSA) is 57.7 Å². The first-order valence-electron chi connectivity index (χ1n) is 11.0. The molecule has 0 unspecified atom stereocenters. The van der Waals surface area contributed by atoms with Gasteiger partial charge in [0, 0.05) is 48.8 Å². The van der Waals surface area contributed by atoms with Crippen molar-refractivity contribution < 1.29 is 9.53 Å². The predicted octanol–water partition coefficient (Wildman–Crippen LogP) is 4.28. The van der Waals surface area contributed by atoms with E-state index >= 15 is 0 Å². The highest BCUT2D eigenvalue weighted by molar-refractivity contribution is 6.04. The molecule has 3 aromatic rings. The van der Waals surface area contributed by atoms with E-state index in [0.717, 1.165) is 43.1 Å². The third kappa shape index (κ3) is 5.45. The minimum Gasteiger partial charge on any atom is -0.487 e. The van der Waals surface area contributed by atoms with Crippen LogP contribution in [0.5, 0.6) is 5.75 Å². The van der Waals surface area contributed by atoms with Crippen molar-refractivity contribution in [3.05, 3.63) is 83.2 Å². The van der Waals surface area contributed by atoms with Crippen LogP contribution in [0.4, 0.5) is 11.4 Å². The number of carbonyl (C=O) groups is 1. The molecule has 6 nitrogen and oxygen atoms in total. The second-order valence-electron chi connectivity index (χ2n) is 8.37. The predicted molar refractivity (Wildman–Crippen MR) is 129 cm³/mol. The highest BCUT2D eigenvalue weighted by atomic mass is 16.5. The maximum absolute atomic E-state index is 12.8. The van der Waals surface area contributed by atoms with Gasteiger partial charge < -0.3 is 19.9 Å². The van der Waals surface area contributed by atoms with Crippen LogP contribution < -0.4 is 15.0 Å². The molecule has 1 fully saturated rings. The van der Waals surface area contributed by atoms with E-state index < -0.39 is 0 Å². The minimum absolute atomic E-state index is 0.129. The normalized spacial score (nSPS) is 14.3. The number of ether oxygens (including phenoxy) is 1. The van der Waals surface area contributed by atoms with E-state index in [1.165, 1.54) is 11.3 Å². The number of pyridine rings is 1. The van der Waals surface area contributed by atoms with Crippen molar-refractivity contribution in [2.24, 2.45) is 0 Å². The Labute approximate surface area is 189 Å². The van der Waals surface area contributed by atoms with Gasteiger partial charge in [-0.25, -0.2) is 0 Å². The van der Waals surface area contributed by atoms with Crippen molar-refractivity contribution in [3.8, 4) is 5.75 Å². The molecule has 0 bridgehead atoms. The molecule has 0 atom stereocenters. The number of aromatic nitrogens is 1. The Balaban J connectivity index is 1.38. The molecule has 4 rings (SSSR count). The quantitative estimate of drug-likeness (QED) is 0.633. The van der Waals surface area contributed by atoms with Gasteiger partial charge in [-0.05, 0) is 74.5 Å². The first-order chi connectivity index (χ1) is 15.5. The smallest absolute Gasteiger partial charge is 0.255 e. The average Bonchev–Trinajstić information content (AvgIpc) is 2.80. The summed E-state index contributed by atoms with van der Waals surface area (Å²) in [6, 6.07) is 17.5. The number of likely N-dealkylation sites (N-methyl/N-ethyl adjacent to an activating group) is 1. The number of hydrogen-bond acceptors (Lipinski definition) is 5. The molecule has 0 spiro atoms. The monoisotopic (exact) mass is 430 g/mol. The van der Waals surface area contributed by atoms with Gasteiger partial charge in [-0.15, -0.1) is 0 Å².